The van der Waals surface area contributed by atoms with Crippen molar-refractivity contribution >= 4 is 35.9 Å². The van der Waals surface area contributed by atoms with E-state index in [9.17, 15) is 19.5 Å². The van der Waals surface area contributed by atoms with Gasteiger partial charge in [0.2, 0.25) is 0 Å². The summed E-state index contributed by atoms with van der Waals surface area (Å²) < 4.78 is 0.876. The Kier molecular flexibility index (Phi) is 9.37. The van der Waals surface area contributed by atoms with Gasteiger partial charge in [0.05, 0.1) is 0 Å². The zero-order chi connectivity index (χ0) is 18.8. The van der Waals surface area contributed by atoms with Gasteiger partial charge >= 0.3 is 154 Å². The number of rotatable bonds is 10. The fraction of sp³-hybridized carbons (Fsp3) is 0.471. The van der Waals surface area contributed by atoms with Gasteiger partial charge in [-0.2, -0.15) is 0 Å². The Hall–Kier alpha value is -1.73. The van der Waals surface area contributed by atoms with Crippen LogP contribution in [0, 0.1) is 5.92 Å². The number of benzene rings is 1. The van der Waals surface area contributed by atoms with Crippen LogP contribution in [0.1, 0.15) is 20.3 Å². The molecule has 0 spiro atoms. The van der Waals surface area contributed by atoms with Crippen LogP contribution < -0.4 is 20.8 Å². The normalized spacial score (nSPS) is 13.2. The maximum absolute atomic E-state index is 12.6. The molecule has 1 aromatic carbocycles. The summed E-state index contributed by atoms with van der Waals surface area (Å²) >= 11 is -0.427. The molecule has 0 radical (unpaired) electrons. The first-order valence-electron chi connectivity index (χ1n) is 8.04. The van der Waals surface area contributed by atoms with Crippen LogP contribution in [0.15, 0.2) is 30.3 Å². The summed E-state index contributed by atoms with van der Waals surface area (Å²) in [5.74, 6) is -0.936. The quantitative estimate of drug-likeness (QED) is 0.348. The molecule has 0 aliphatic carbocycles. The predicted molar refractivity (Wildman–Crippen MR) is 96.3 cm³/mol. The van der Waals surface area contributed by atoms with Gasteiger partial charge in [0.1, 0.15) is 0 Å². The minimum absolute atomic E-state index is 0.0532. The summed E-state index contributed by atoms with van der Waals surface area (Å²) in [6, 6.07) is 7.59. The second-order valence-corrected chi connectivity index (χ2v) is 8.19. The summed E-state index contributed by atoms with van der Waals surface area (Å²) in [6.45, 7) is 3.07. The molecule has 0 saturated carbocycles. The Labute approximate surface area is 153 Å². The van der Waals surface area contributed by atoms with Crippen LogP contribution in [-0.2, 0) is 14.4 Å². The molecule has 0 aliphatic rings. The predicted octanol–water partition coefficient (Wildman–Crippen LogP) is -1.49. The molecule has 1 aromatic rings. The van der Waals surface area contributed by atoms with Crippen LogP contribution in [0.5, 0.6) is 0 Å². The van der Waals surface area contributed by atoms with E-state index in [4.69, 9.17) is 5.73 Å². The molecule has 0 saturated heterocycles. The Bertz CT molecular complexity index is 581. The second kappa shape index (κ2) is 11.0. The minimum atomic E-state index is -1.12. The van der Waals surface area contributed by atoms with Gasteiger partial charge in [-0.25, -0.2) is 0 Å². The Morgan fingerprint density at radius 3 is 2.28 bits per heavy atom. The van der Waals surface area contributed by atoms with E-state index in [0.29, 0.717) is 6.42 Å². The summed E-state index contributed by atoms with van der Waals surface area (Å²) in [5, 5.41) is 14.3. The number of hydrogen-bond acceptors (Lipinski definition) is 5. The van der Waals surface area contributed by atoms with Gasteiger partial charge in [-0.1, -0.05) is 0 Å². The molecule has 25 heavy (non-hydrogen) atoms. The van der Waals surface area contributed by atoms with Crippen LogP contribution in [-0.4, -0.2) is 61.8 Å². The van der Waals surface area contributed by atoms with E-state index >= 15 is 0 Å². The van der Waals surface area contributed by atoms with Crippen molar-refractivity contribution in [1.82, 2.24) is 10.6 Å². The van der Waals surface area contributed by atoms with Crippen LogP contribution in [0.4, 0.5) is 0 Å². The number of aliphatic hydroxyl groups excluding tert-OH is 1. The van der Waals surface area contributed by atoms with E-state index in [-0.39, 0.29) is 17.1 Å². The van der Waals surface area contributed by atoms with Gasteiger partial charge in [-0.05, 0) is 0 Å². The molecular weight excluding hydrogens is 389 g/mol. The Morgan fingerprint density at radius 1 is 1.12 bits per heavy atom. The van der Waals surface area contributed by atoms with Gasteiger partial charge in [-0.15, -0.1) is 0 Å². The van der Waals surface area contributed by atoms with Gasteiger partial charge in [0.15, 0.2) is 0 Å². The molecule has 138 valence electrons. The van der Waals surface area contributed by atoms with Crippen molar-refractivity contribution in [2.45, 2.75) is 32.4 Å². The average Bonchev–Trinajstić information content (AvgIpc) is 2.59. The molecule has 0 aliphatic heterocycles. The van der Waals surface area contributed by atoms with Crippen LogP contribution in [0.3, 0.4) is 0 Å². The van der Waals surface area contributed by atoms with Crippen molar-refractivity contribution in [3.8, 4) is 0 Å². The molecule has 0 bridgehead atoms. The van der Waals surface area contributed by atoms with E-state index in [0.717, 1.165) is 4.46 Å². The monoisotopic (exact) mass is 415 g/mol. The summed E-state index contributed by atoms with van der Waals surface area (Å²) in [6.07, 6.45) is 0.488. The van der Waals surface area contributed by atoms with Crippen LogP contribution in [0.25, 0.3) is 0 Å². The first-order chi connectivity index (χ1) is 11.9. The SMILES string of the molecule is CC(C)C[C@H](NC(=O)[C@H](CO)NC(=O)CN)C(=O)[Se]c1ccccc1. The molecule has 2 atom stereocenters. The summed E-state index contributed by atoms with van der Waals surface area (Å²) in [5.41, 5.74) is 5.20. The number of hydrogen-bond donors (Lipinski definition) is 4. The van der Waals surface area contributed by atoms with E-state index in [2.05, 4.69) is 10.6 Å². The van der Waals surface area contributed by atoms with E-state index in [1.54, 1.807) is 0 Å². The fourth-order valence-corrected chi connectivity index (χ4v) is 3.81. The molecule has 7 nitrogen and oxygen atoms in total. The third-order valence-electron chi connectivity index (χ3n) is 3.29. The van der Waals surface area contributed by atoms with Crippen LogP contribution in [0.2, 0.25) is 0 Å². The number of carbonyl (C=O) groups is 3. The topological polar surface area (TPSA) is 122 Å². The van der Waals surface area contributed by atoms with Crippen molar-refractivity contribution in [1.29, 1.82) is 0 Å². The first kappa shape index (κ1) is 21.3. The van der Waals surface area contributed by atoms with Crippen molar-refractivity contribution < 1.29 is 19.5 Å². The van der Waals surface area contributed by atoms with E-state index < -0.39 is 45.5 Å². The molecule has 1 rings (SSSR count). The van der Waals surface area contributed by atoms with Crippen molar-refractivity contribution in [3.05, 3.63) is 30.3 Å². The molecule has 0 unspecified atom stereocenters. The fourth-order valence-electron chi connectivity index (χ4n) is 2.08. The summed E-state index contributed by atoms with van der Waals surface area (Å²) in [4.78, 5) is 36.3. The Morgan fingerprint density at radius 2 is 1.76 bits per heavy atom. The molecule has 5 N–H and O–H groups in total. The van der Waals surface area contributed by atoms with Crippen LogP contribution >= 0.6 is 0 Å². The Balaban J connectivity index is 2.78. The third-order valence-corrected chi connectivity index (χ3v) is 5.37. The average molecular weight is 414 g/mol. The van der Waals surface area contributed by atoms with E-state index in [1.807, 2.05) is 44.2 Å². The van der Waals surface area contributed by atoms with Gasteiger partial charge in [0, 0.05) is 0 Å². The maximum atomic E-state index is 12.6. The molecular formula is C17H25N3O4Se. The molecule has 2 amide bonds. The number of amides is 2. The molecule has 0 aromatic heterocycles. The number of carbonyl (C=O) groups excluding carboxylic acids is 3. The van der Waals surface area contributed by atoms with Crippen molar-refractivity contribution in [2.75, 3.05) is 13.2 Å². The number of nitrogens with two attached hydrogens (primary N) is 1. The van der Waals surface area contributed by atoms with Gasteiger partial charge in [-0.3, -0.25) is 0 Å². The molecule has 8 heteroatoms. The molecule has 0 heterocycles. The zero-order valence-corrected chi connectivity index (χ0v) is 16.1. The standard InChI is InChI=1S/C17H25N3O4Se/c1-11(2)8-13(17(24)25-12-6-4-3-5-7-12)20-16(23)14(10-21)19-15(22)9-18/h3-7,11,13-14,21H,8-10,18H2,1-2H3,(H,19,22)(H,20,23)/t13-,14-/m0/s1. The van der Waals surface area contributed by atoms with E-state index in [1.165, 1.54) is 0 Å². The van der Waals surface area contributed by atoms with Crippen molar-refractivity contribution in [3.63, 3.8) is 0 Å². The first-order valence-corrected chi connectivity index (χ1v) is 9.76. The summed E-state index contributed by atoms with van der Waals surface area (Å²) in [7, 11) is 0. The zero-order valence-electron chi connectivity index (χ0n) is 14.4. The number of aliphatic hydroxyl groups is 1. The van der Waals surface area contributed by atoms with Gasteiger partial charge < -0.3 is 0 Å². The van der Waals surface area contributed by atoms with Gasteiger partial charge in [0.25, 0.3) is 0 Å². The number of nitrogens with one attached hydrogen (secondary N) is 2. The second-order valence-electron chi connectivity index (χ2n) is 5.93. The molecule has 0 fully saturated rings. The van der Waals surface area contributed by atoms with Crippen molar-refractivity contribution in [2.24, 2.45) is 11.7 Å². The third kappa shape index (κ3) is 7.79.